The zero-order valence-electron chi connectivity index (χ0n) is 15.9. The molecule has 1 aliphatic heterocycles. The fourth-order valence-corrected chi connectivity index (χ4v) is 5.68. The molecule has 8 nitrogen and oxygen atoms in total. The highest BCUT2D eigenvalue weighted by molar-refractivity contribution is 8.00. The van der Waals surface area contributed by atoms with Crippen molar-refractivity contribution >= 4 is 33.2 Å². The lowest BCUT2D eigenvalue weighted by Crippen LogP contribution is -2.23. The average Bonchev–Trinajstić information content (AvgIpc) is 3.25. The van der Waals surface area contributed by atoms with Gasteiger partial charge in [-0.3, -0.25) is 4.79 Å². The number of amides is 1. The second kappa shape index (κ2) is 8.80. The molecule has 2 unspecified atom stereocenters. The van der Waals surface area contributed by atoms with Crippen LogP contribution in [-0.2, 0) is 21.2 Å². The zero-order chi connectivity index (χ0) is 21.0. The van der Waals surface area contributed by atoms with Crippen LogP contribution in [0.25, 0.3) is 0 Å². The Balaban J connectivity index is 1.72. The molecule has 1 aliphatic rings. The number of nitriles is 1. The van der Waals surface area contributed by atoms with Crippen molar-refractivity contribution in [1.82, 2.24) is 14.8 Å². The summed E-state index contributed by atoms with van der Waals surface area (Å²) in [5.74, 6) is 0.446. The molecule has 2 heterocycles. The Kier molecular flexibility index (Phi) is 6.39. The highest BCUT2D eigenvalue weighted by atomic mass is 32.2. The first-order valence-corrected chi connectivity index (χ1v) is 11.7. The van der Waals surface area contributed by atoms with Crippen LogP contribution in [0.4, 0.5) is 5.69 Å². The summed E-state index contributed by atoms with van der Waals surface area (Å²) in [5.41, 5.74) is 1.12. The molecule has 0 spiro atoms. The number of allylic oxidation sites excluding steroid dienone is 1. The molecule has 2 aromatic rings. The third kappa shape index (κ3) is 5.05. The smallest absolute Gasteiger partial charge is 0.237 e. The quantitative estimate of drug-likeness (QED) is 0.528. The van der Waals surface area contributed by atoms with Crippen molar-refractivity contribution in [3.05, 3.63) is 48.3 Å². The standard InChI is InChI=1S/C19H21N5O3S2/c1-3-9-24-17(15-8-10-29(26,27)12-15)22-23-19(24)28-13(2)18(25)21-16-6-4-14(11-20)5-7-16/h3-7,13,15H,1,8-10,12H2,2H3,(H,21,25). The number of nitrogens with zero attached hydrogens (tertiary/aromatic N) is 4. The number of anilines is 1. The minimum absolute atomic E-state index is 0.0711. The van der Waals surface area contributed by atoms with Gasteiger partial charge in [-0.15, -0.1) is 16.8 Å². The minimum atomic E-state index is -3.04. The fourth-order valence-electron chi connectivity index (χ4n) is 3.07. The summed E-state index contributed by atoms with van der Waals surface area (Å²) >= 11 is 1.25. The van der Waals surface area contributed by atoms with Gasteiger partial charge in [-0.25, -0.2) is 8.42 Å². The summed E-state index contributed by atoms with van der Waals surface area (Å²) in [7, 11) is -3.04. The van der Waals surface area contributed by atoms with Crippen LogP contribution >= 0.6 is 11.8 Å². The molecule has 3 rings (SSSR count). The van der Waals surface area contributed by atoms with E-state index in [1.165, 1.54) is 11.8 Å². The van der Waals surface area contributed by atoms with Gasteiger partial charge in [0.1, 0.15) is 5.82 Å². The molecule has 1 aromatic heterocycles. The molecule has 1 fully saturated rings. The summed E-state index contributed by atoms with van der Waals surface area (Å²) in [5, 5.41) is 20.2. The van der Waals surface area contributed by atoms with E-state index in [4.69, 9.17) is 5.26 Å². The van der Waals surface area contributed by atoms with Gasteiger partial charge in [0, 0.05) is 18.2 Å². The van der Waals surface area contributed by atoms with E-state index in [0.29, 0.717) is 35.2 Å². The Morgan fingerprint density at radius 1 is 1.45 bits per heavy atom. The Morgan fingerprint density at radius 3 is 2.76 bits per heavy atom. The van der Waals surface area contributed by atoms with E-state index < -0.39 is 15.1 Å². The van der Waals surface area contributed by atoms with Gasteiger partial charge in [0.25, 0.3) is 0 Å². The largest absolute Gasteiger partial charge is 0.325 e. The molecular formula is C19H21N5O3S2. The third-order valence-electron chi connectivity index (χ3n) is 4.59. The molecule has 1 saturated heterocycles. The number of nitrogens with one attached hydrogen (secondary N) is 1. The van der Waals surface area contributed by atoms with Crippen molar-refractivity contribution in [3.8, 4) is 6.07 Å². The predicted molar refractivity (Wildman–Crippen MR) is 111 cm³/mol. The van der Waals surface area contributed by atoms with Crippen LogP contribution in [0.3, 0.4) is 0 Å². The van der Waals surface area contributed by atoms with E-state index in [0.717, 1.165) is 0 Å². The number of hydrogen-bond acceptors (Lipinski definition) is 7. The summed E-state index contributed by atoms with van der Waals surface area (Å²) in [6.45, 7) is 5.95. The van der Waals surface area contributed by atoms with Crippen molar-refractivity contribution in [3.63, 3.8) is 0 Å². The number of aromatic nitrogens is 3. The molecule has 0 radical (unpaired) electrons. The maximum absolute atomic E-state index is 12.5. The van der Waals surface area contributed by atoms with Gasteiger partial charge >= 0.3 is 0 Å². The van der Waals surface area contributed by atoms with E-state index in [1.54, 1.807) is 37.3 Å². The van der Waals surface area contributed by atoms with Crippen molar-refractivity contribution < 1.29 is 13.2 Å². The number of carbonyl (C=O) groups excluding carboxylic acids is 1. The van der Waals surface area contributed by atoms with Crippen LogP contribution in [0.2, 0.25) is 0 Å². The van der Waals surface area contributed by atoms with Crippen LogP contribution in [-0.4, -0.2) is 45.8 Å². The van der Waals surface area contributed by atoms with Gasteiger partial charge in [0.15, 0.2) is 15.0 Å². The van der Waals surface area contributed by atoms with Gasteiger partial charge in [0.2, 0.25) is 5.91 Å². The van der Waals surface area contributed by atoms with Crippen LogP contribution in [0.5, 0.6) is 0 Å². The van der Waals surface area contributed by atoms with Crippen LogP contribution in [0.1, 0.15) is 30.7 Å². The first kappa shape index (κ1) is 21.1. The van der Waals surface area contributed by atoms with Gasteiger partial charge < -0.3 is 9.88 Å². The molecule has 0 bridgehead atoms. The molecule has 1 amide bonds. The van der Waals surface area contributed by atoms with Crippen LogP contribution < -0.4 is 5.32 Å². The molecule has 10 heteroatoms. The molecule has 1 N–H and O–H groups in total. The number of thioether (sulfide) groups is 1. The predicted octanol–water partition coefficient (Wildman–Crippen LogP) is 2.36. The molecule has 2 atom stereocenters. The summed E-state index contributed by atoms with van der Waals surface area (Å²) in [4.78, 5) is 12.5. The maximum Gasteiger partial charge on any atom is 0.237 e. The Labute approximate surface area is 173 Å². The highest BCUT2D eigenvalue weighted by Crippen LogP contribution is 2.31. The normalized spacial score (nSPS) is 18.7. The van der Waals surface area contributed by atoms with E-state index in [9.17, 15) is 13.2 Å². The second-order valence-electron chi connectivity index (χ2n) is 6.78. The van der Waals surface area contributed by atoms with Crippen molar-refractivity contribution in [2.45, 2.75) is 36.2 Å². The van der Waals surface area contributed by atoms with Gasteiger partial charge in [-0.2, -0.15) is 5.26 Å². The maximum atomic E-state index is 12.5. The Bertz CT molecular complexity index is 1050. The summed E-state index contributed by atoms with van der Waals surface area (Å²) in [6.07, 6.45) is 2.22. The molecular weight excluding hydrogens is 410 g/mol. The second-order valence-corrected chi connectivity index (χ2v) is 10.3. The average molecular weight is 432 g/mol. The monoisotopic (exact) mass is 431 g/mol. The molecule has 29 heavy (non-hydrogen) atoms. The minimum Gasteiger partial charge on any atom is -0.325 e. The Morgan fingerprint density at radius 2 is 2.17 bits per heavy atom. The van der Waals surface area contributed by atoms with E-state index in [2.05, 4.69) is 22.1 Å². The lowest BCUT2D eigenvalue weighted by molar-refractivity contribution is -0.115. The molecule has 0 saturated carbocycles. The molecule has 1 aromatic carbocycles. The van der Waals surface area contributed by atoms with Crippen molar-refractivity contribution in [2.75, 3.05) is 16.8 Å². The summed E-state index contributed by atoms with van der Waals surface area (Å²) < 4.78 is 25.5. The number of carbonyl (C=O) groups is 1. The fraction of sp³-hybridized carbons (Fsp3) is 0.368. The van der Waals surface area contributed by atoms with Gasteiger partial charge in [-0.1, -0.05) is 17.8 Å². The number of sulfone groups is 1. The zero-order valence-corrected chi connectivity index (χ0v) is 17.5. The summed E-state index contributed by atoms with van der Waals surface area (Å²) in [6, 6.07) is 8.65. The number of rotatable bonds is 7. The van der Waals surface area contributed by atoms with Gasteiger partial charge in [0.05, 0.1) is 28.4 Å². The van der Waals surface area contributed by atoms with Crippen molar-refractivity contribution in [1.29, 1.82) is 5.26 Å². The van der Waals surface area contributed by atoms with Gasteiger partial charge in [-0.05, 0) is 37.6 Å². The van der Waals surface area contributed by atoms with Crippen LogP contribution in [0.15, 0.2) is 42.1 Å². The van der Waals surface area contributed by atoms with Crippen LogP contribution in [0, 0.1) is 11.3 Å². The highest BCUT2D eigenvalue weighted by Gasteiger charge is 2.33. The topological polar surface area (TPSA) is 118 Å². The Hall–Kier alpha value is -2.64. The number of hydrogen-bond donors (Lipinski definition) is 1. The molecule has 0 aliphatic carbocycles. The first-order valence-electron chi connectivity index (χ1n) is 9.05. The van der Waals surface area contributed by atoms with E-state index in [1.807, 2.05) is 10.6 Å². The van der Waals surface area contributed by atoms with Crippen molar-refractivity contribution in [2.24, 2.45) is 0 Å². The van der Waals surface area contributed by atoms with E-state index >= 15 is 0 Å². The SMILES string of the molecule is C=CCn1c(SC(C)C(=O)Nc2ccc(C#N)cc2)nnc1C1CCS(=O)(=O)C1. The molecule has 152 valence electrons. The lowest BCUT2D eigenvalue weighted by atomic mass is 10.1. The number of benzene rings is 1. The lowest BCUT2D eigenvalue weighted by Gasteiger charge is -2.14. The first-order chi connectivity index (χ1) is 13.8. The van der Waals surface area contributed by atoms with E-state index in [-0.39, 0.29) is 23.3 Å². The third-order valence-corrected chi connectivity index (χ3v) is 7.44.